The number of nitrogens with one attached hydrogen (secondary N) is 2. The number of alkyl carbamates (subject to hydrolysis) is 2. The lowest BCUT2D eigenvalue weighted by Crippen LogP contribution is -2.43. The molecule has 0 spiro atoms. The van der Waals surface area contributed by atoms with Gasteiger partial charge in [-0.1, -0.05) is 20.8 Å². The lowest BCUT2D eigenvalue weighted by Gasteiger charge is -2.22. The zero-order valence-corrected chi connectivity index (χ0v) is 16.1. The standard InChI is InChI=1S/C17H32N2O6/c1-16(2,3)11-24-14(22)18-10-8-7-9-12(13(20)21)19-15(23)25-17(4,5)6/h12H,7-11H2,1-6H3,(H,18,22)(H,19,23)(H,20,21). The van der Waals surface area contributed by atoms with E-state index in [1.165, 1.54) is 0 Å². The molecular formula is C17H32N2O6. The number of amides is 2. The number of carbonyl (C=O) groups excluding carboxylic acids is 2. The van der Waals surface area contributed by atoms with Crippen LogP contribution in [-0.2, 0) is 14.3 Å². The van der Waals surface area contributed by atoms with Gasteiger partial charge in [0.05, 0.1) is 6.61 Å². The maximum absolute atomic E-state index is 11.6. The topological polar surface area (TPSA) is 114 Å². The van der Waals surface area contributed by atoms with Crippen molar-refractivity contribution in [2.75, 3.05) is 13.2 Å². The number of hydrogen-bond donors (Lipinski definition) is 3. The summed E-state index contributed by atoms with van der Waals surface area (Å²) in [4.78, 5) is 34.3. The molecule has 0 aromatic heterocycles. The van der Waals surface area contributed by atoms with Crippen molar-refractivity contribution in [1.29, 1.82) is 0 Å². The van der Waals surface area contributed by atoms with Gasteiger partial charge in [0.2, 0.25) is 0 Å². The van der Waals surface area contributed by atoms with Gasteiger partial charge in [-0.2, -0.15) is 0 Å². The summed E-state index contributed by atoms with van der Waals surface area (Å²) in [5, 5.41) is 14.1. The van der Waals surface area contributed by atoms with E-state index in [1.54, 1.807) is 20.8 Å². The Morgan fingerprint density at radius 3 is 2.08 bits per heavy atom. The zero-order chi connectivity index (χ0) is 19.7. The van der Waals surface area contributed by atoms with Crippen LogP contribution in [0.4, 0.5) is 9.59 Å². The molecular weight excluding hydrogens is 328 g/mol. The van der Waals surface area contributed by atoms with Gasteiger partial charge in [-0.05, 0) is 45.4 Å². The van der Waals surface area contributed by atoms with Gasteiger partial charge in [-0.3, -0.25) is 0 Å². The van der Waals surface area contributed by atoms with Crippen molar-refractivity contribution in [3.8, 4) is 0 Å². The largest absolute Gasteiger partial charge is 0.480 e. The third kappa shape index (κ3) is 14.1. The molecule has 0 heterocycles. The quantitative estimate of drug-likeness (QED) is 0.574. The molecule has 146 valence electrons. The SMILES string of the molecule is CC(C)(C)COC(=O)NCCCCC(NC(=O)OC(C)(C)C)C(=O)O. The number of carboxylic acids is 1. The molecule has 0 aromatic carbocycles. The minimum atomic E-state index is -1.12. The van der Waals surface area contributed by atoms with E-state index in [-0.39, 0.29) is 11.8 Å². The number of rotatable bonds is 8. The van der Waals surface area contributed by atoms with E-state index in [0.717, 1.165) is 0 Å². The molecule has 1 unspecified atom stereocenters. The van der Waals surface area contributed by atoms with Crippen molar-refractivity contribution in [2.24, 2.45) is 5.41 Å². The van der Waals surface area contributed by atoms with E-state index in [0.29, 0.717) is 26.0 Å². The van der Waals surface area contributed by atoms with E-state index >= 15 is 0 Å². The molecule has 0 aromatic rings. The Labute approximate surface area is 149 Å². The number of aliphatic carboxylic acids is 1. The van der Waals surface area contributed by atoms with Gasteiger partial charge in [-0.25, -0.2) is 14.4 Å². The minimum Gasteiger partial charge on any atom is -0.480 e. The molecule has 8 nitrogen and oxygen atoms in total. The first-order chi connectivity index (χ1) is 11.3. The van der Waals surface area contributed by atoms with Crippen LogP contribution in [0.5, 0.6) is 0 Å². The average Bonchev–Trinajstić information content (AvgIpc) is 2.40. The monoisotopic (exact) mass is 360 g/mol. The molecule has 0 saturated heterocycles. The normalized spacial score (nSPS) is 12.9. The van der Waals surface area contributed by atoms with Gasteiger partial charge in [0.1, 0.15) is 11.6 Å². The molecule has 0 aliphatic carbocycles. The molecule has 8 heteroatoms. The van der Waals surface area contributed by atoms with Gasteiger partial charge >= 0.3 is 18.2 Å². The predicted octanol–water partition coefficient (Wildman–Crippen LogP) is 2.91. The van der Waals surface area contributed by atoms with Gasteiger partial charge in [0, 0.05) is 6.54 Å². The van der Waals surface area contributed by atoms with Crippen molar-refractivity contribution in [2.45, 2.75) is 72.4 Å². The molecule has 2 amide bonds. The first kappa shape index (κ1) is 23.0. The minimum absolute atomic E-state index is 0.0978. The van der Waals surface area contributed by atoms with Gasteiger partial charge in [-0.15, -0.1) is 0 Å². The Kier molecular flexibility index (Phi) is 9.30. The fourth-order valence-corrected chi connectivity index (χ4v) is 1.70. The summed E-state index contributed by atoms with van der Waals surface area (Å²) in [5.74, 6) is -1.12. The highest BCUT2D eigenvalue weighted by atomic mass is 16.6. The van der Waals surface area contributed by atoms with Crippen LogP contribution < -0.4 is 10.6 Å². The van der Waals surface area contributed by atoms with Crippen molar-refractivity contribution in [1.82, 2.24) is 10.6 Å². The van der Waals surface area contributed by atoms with Crippen LogP contribution in [0.1, 0.15) is 60.8 Å². The predicted molar refractivity (Wildman–Crippen MR) is 93.5 cm³/mol. The van der Waals surface area contributed by atoms with E-state index in [1.807, 2.05) is 20.8 Å². The van der Waals surface area contributed by atoms with Crippen LogP contribution in [-0.4, -0.2) is 48.1 Å². The summed E-state index contributed by atoms with van der Waals surface area (Å²) in [5.41, 5.74) is -0.788. The van der Waals surface area contributed by atoms with Gasteiger partial charge in [0.25, 0.3) is 0 Å². The maximum atomic E-state index is 11.6. The van der Waals surface area contributed by atoms with Crippen LogP contribution in [0, 0.1) is 5.41 Å². The van der Waals surface area contributed by atoms with Crippen LogP contribution in [0.3, 0.4) is 0 Å². The lowest BCUT2D eigenvalue weighted by atomic mass is 9.99. The molecule has 0 fully saturated rings. The fourth-order valence-electron chi connectivity index (χ4n) is 1.70. The van der Waals surface area contributed by atoms with E-state index in [4.69, 9.17) is 14.6 Å². The van der Waals surface area contributed by atoms with Gasteiger partial charge in [0.15, 0.2) is 0 Å². The van der Waals surface area contributed by atoms with E-state index in [2.05, 4.69) is 10.6 Å². The second-order valence-corrected chi connectivity index (χ2v) is 8.10. The third-order valence-corrected chi connectivity index (χ3v) is 2.81. The summed E-state index contributed by atoms with van der Waals surface area (Å²) in [6, 6.07) is -1.03. The lowest BCUT2D eigenvalue weighted by molar-refractivity contribution is -0.139. The summed E-state index contributed by atoms with van der Waals surface area (Å²) in [6.45, 7) is 11.7. The second kappa shape index (κ2) is 10.1. The summed E-state index contributed by atoms with van der Waals surface area (Å²) < 4.78 is 10.1. The highest BCUT2D eigenvalue weighted by molar-refractivity contribution is 5.79. The molecule has 0 saturated carbocycles. The first-order valence-electron chi connectivity index (χ1n) is 8.43. The van der Waals surface area contributed by atoms with E-state index < -0.39 is 29.8 Å². The highest BCUT2D eigenvalue weighted by Gasteiger charge is 2.23. The number of carbonyl (C=O) groups is 3. The fraction of sp³-hybridized carbons (Fsp3) is 0.824. The Bertz CT molecular complexity index is 451. The smallest absolute Gasteiger partial charge is 0.408 e. The molecule has 0 rings (SSSR count). The molecule has 1 atom stereocenters. The first-order valence-corrected chi connectivity index (χ1v) is 8.43. The number of hydrogen-bond acceptors (Lipinski definition) is 5. The van der Waals surface area contributed by atoms with Crippen LogP contribution in [0.15, 0.2) is 0 Å². The molecule has 0 aliphatic rings. The van der Waals surface area contributed by atoms with Crippen LogP contribution >= 0.6 is 0 Å². The third-order valence-electron chi connectivity index (χ3n) is 2.81. The number of carboxylic acid groups (broad SMARTS) is 1. The molecule has 0 aliphatic heterocycles. The second-order valence-electron chi connectivity index (χ2n) is 8.10. The summed E-state index contributed by atoms with van der Waals surface area (Å²) in [7, 11) is 0. The van der Waals surface area contributed by atoms with Crippen molar-refractivity contribution >= 4 is 18.2 Å². The Morgan fingerprint density at radius 1 is 1.00 bits per heavy atom. The van der Waals surface area contributed by atoms with Crippen LogP contribution in [0.25, 0.3) is 0 Å². The average molecular weight is 360 g/mol. The zero-order valence-electron chi connectivity index (χ0n) is 16.1. The molecule has 0 radical (unpaired) electrons. The molecule has 25 heavy (non-hydrogen) atoms. The summed E-state index contributed by atoms with van der Waals surface area (Å²) >= 11 is 0. The Balaban J connectivity index is 4.04. The molecule has 0 bridgehead atoms. The van der Waals surface area contributed by atoms with Crippen molar-refractivity contribution in [3.05, 3.63) is 0 Å². The number of ether oxygens (including phenoxy) is 2. The summed E-state index contributed by atoms with van der Waals surface area (Å²) in [6.07, 6.45) is 0.0877. The van der Waals surface area contributed by atoms with Gasteiger partial charge < -0.3 is 25.2 Å². The molecule has 3 N–H and O–H groups in total. The van der Waals surface area contributed by atoms with E-state index in [9.17, 15) is 14.4 Å². The Hall–Kier alpha value is -1.99. The van der Waals surface area contributed by atoms with Crippen molar-refractivity contribution < 1.29 is 29.0 Å². The maximum Gasteiger partial charge on any atom is 0.408 e. The highest BCUT2D eigenvalue weighted by Crippen LogP contribution is 2.12. The Morgan fingerprint density at radius 2 is 1.60 bits per heavy atom. The number of unbranched alkanes of at least 4 members (excludes halogenated alkanes) is 1. The van der Waals surface area contributed by atoms with Crippen LogP contribution in [0.2, 0.25) is 0 Å². The van der Waals surface area contributed by atoms with Crippen molar-refractivity contribution in [3.63, 3.8) is 0 Å².